The van der Waals surface area contributed by atoms with E-state index < -0.39 is 6.10 Å². The summed E-state index contributed by atoms with van der Waals surface area (Å²) in [6, 6.07) is 7.47. The van der Waals surface area contributed by atoms with E-state index in [1.807, 2.05) is 48.9 Å². The van der Waals surface area contributed by atoms with E-state index in [0.29, 0.717) is 16.6 Å². The lowest BCUT2D eigenvalue weighted by Crippen LogP contribution is -2.10. The third-order valence-corrected chi connectivity index (χ3v) is 5.31. The maximum Gasteiger partial charge on any atom is 0.117 e. The van der Waals surface area contributed by atoms with Crippen molar-refractivity contribution in [3.63, 3.8) is 0 Å². The van der Waals surface area contributed by atoms with E-state index in [9.17, 15) is 9.50 Å². The zero-order valence-electron chi connectivity index (χ0n) is 16.3. The molecule has 0 amide bonds. The first-order valence-electron chi connectivity index (χ1n) is 9.17. The Morgan fingerprint density at radius 2 is 2.11 bits per heavy atom. The number of aliphatic hydroxyl groups is 1. The second kappa shape index (κ2) is 8.86. The van der Waals surface area contributed by atoms with Gasteiger partial charge >= 0.3 is 0 Å². The van der Waals surface area contributed by atoms with Crippen molar-refractivity contribution < 1.29 is 9.50 Å². The monoisotopic (exact) mass is 400 g/mol. The van der Waals surface area contributed by atoms with Gasteiger partial charge in [0.25, 0.3) is 0 Å². The minimum Gasteiger partial charge on any atom is -0.383 e. The van der Waals surface area contributed by atoms with Crippen molar-refractivity contribution in [2.75, 3.05) is 12.8 Å². The molecule has 1 unspecified atom stereocenters. The fourth-order valence-corrected chi connectivity index (χ4v) is 3.83. The topological polar surface area (TPSA) is 77.0 Å². The number of hydrogen-bond donors (Lipinski definition) is 2. The molecule has 0 aromatic carbocycles. The highest BCUT2D eigenvalue weighted by Crippen LogP contribution is 2.37. The van der Waals surface area contributed by atoms with Gasteiger partial charge < -0.3 is 15.4 Å². The van der Waals surface area contributed by atoms with Gasteiger partial charge in [0.15, 0.2) is 0 Å². The van der Waals surface area contributed by atoms with Crippen LogP contribution in [0.1, 0.15) is 42.7 Å². The SMILES string of the molecule is CSc1ccc(C(O)c2c(C(C)C)n(C/C(F)=C/CN)c3cccnc23)cn1. The van der Waals surface area contributed by atoms with Gasteiger partial charge in [0.1, 0.15) is 11.9 Å². The molecular formula is C21H25FN4OS. The maximum atomic E-state index is 14.3. The molecule has 0 aliphatic carbocycles. The Bertz CT molecular complexity index is 982. The summed E-state index contributed by atoms with van der Waals surface area (Å²) in [6.07, 6.45) is 5.79. The van der Waals surface area contributed by atoms with E-state index in [0.717, 1.165) is 16.2 Å². The van der Waals surface area contributed by atoms with Crippen molar-refractivity contribution >= 4 is 22.8 Å². The van der Waals surface area contributed by atoms with Crippen molar-refractivity contribution in [1.82, 2.24) is 14.5 Å². The van der Waals surface area contributed by atoms with Gasteiger partial charge in [-0.25, -0.2) is 9.37 Å². The molecule has 1 atom stereocenters. The molecule has 7 heteroatoms. The lowest BCUT2D eigenvalue weighted by atomic mass is 9.97. The maximum absolute atomic E-state index is 14.3. The molecule has 3 rings (SSSR count). The number of pyridine rings is 2. The number of allylic oxidation sites excluding steroid dienone is 1. The summed E-state index contributed by atoms with van der Waals surface area (Å²) >= 11 is 1.54. The second-order valence-corrected chi connectivity index (χ2v) is 7.66. The van der Waals surface area contributed by atoms with Crippen LogP contribution in [-0.2, 0) is 6.54 Å². The first kappa shape index (κ1) is 20.5. The molecule has 3 N–H and O–H groups in total. The van der Waals surface area contributed by atoms with Crippen LogP contribution in [0.2, 0.25) is 0 Å². The predicted octanol–water partition coefficient (Wildman–Crippen LogP) is 4.17. The van der Waals surface area contributed by atoms with E-state index in [2.05, 4.69) is 9.97 Å². The number of hydrogen-bond acceptors (Lipinski definition) is 5. The number of thioether (sulfide) groups is 1. The molecule has 0 aliphatic heterocycles. The first-order valence-corrected chi connectivity index (χ1v) is 10.4. The van der Waals surface area contributed by atoms with Crippen LogP contribution < -0.4 is 5.73 Å². The number of aliphatic hydroxyl groups excluding tert-OH is 1. The van der Waals surface area contributed by atoms with E-state index >= 15 is 0 Å². The lowest BCUT2D eigenvalue weighted by Gasteiger charge is -2.18. The molecule has 0 aliphatic rings. The van der Waals surface area contributed by atoms with Crippen LogP contribution in [0.25, 0.3) is 11.0 Å². The number of aromatic nitrogens is 3. The van der Waals surface area contributed by atoms with Gasteiger partial charge in [0, 0.05) is 35.8 Å². The summed E-state index contributed by atoms with van der Waals surface area (Å²) < 4.78 is 16.2. The van der Waals surface area contributed by atoms with Gasteiger partial charge in [-0.15, -0.1) is 11.8 Å². The van der Waals surface area contributed by atoms with Gasteiger partial charge in [0.2, 0.25) is 0 Å². The Hall–Kier alpha value is -2.22. The fraction of sp³-hybridized carbons (Fsp3) is 0.333. The third kappa shape index (κ3) is 3.97. The molecule has 0 radical (unpaired) electrons. The van der Waals surface area contributed by atoms with Crippen molar-refractivity contribution in [2.45, 2.75) is 37.4 Å². The number of fused-ring (bicyclic) bond motifs is 1. The van der Waals surface area contributed by atoms with Crippen LogP contribution in [0.5, 0.6) is 0 Å². The zero-order chi connectivity index (χ0) is 20.3. The molecule has 5 nitrogen and oxygen atoms in total. The quantitative estimate of drug-likeness (QED) is 0.582. The van der Waals surface area contributed by atoms with Gasteiger partial charge in [-0.1, -0.05) is 19.9 Å². The summed E-state index contributed by atoms with van der Waals surface area (Å²) in [7, 11) is 0. The molecule has 3 heterocycles. The minimum absolute atomic E-state index is 0.0583. The smallest absolute Gasteiger partial charge is 0.117 e. The van der Waals surface area contributed by atoms with Gasteiger partial charge in [-0.05, 0) is 36.4 Å². The van der Waals surface area contributed by atoms with Crippen molar-refractivity contribution in [3.05, 3.63) is 65.4 Å². The molecule has 0 spiro atoms. The molecule has 0 bridgehead atoms. The Morgan fingerprint density at radius 1 is 1.32 bits per heavy atom. The van der Waals surface area contributed by atoms with E-state index in [1.54, 1.807) is 24.2 Å². The number of rotatable bonds is 7. The van der Waals surface area contributed by atoms with Crippen LogP contribution in [0, 0.1) is 0 Å². The summed E-state index contributed by atoms with van der Waals surface area (Å²) in [4.78, 5) is 8.88. The molecule has 0 fully saturated rings. The largest absolute Gasteiger partial charge is 0.383 e. The van der Waals surface area contributed by atoms with E-state index in [-0.39, 0.29) is 24.8 Å². The van der Waals surface area contributed by atoms with Crippen LogP contribution in [0.15, 0.2) is 53.6 Å². The highest BCUT2D eigenvalue weighted by atomic mass is 32.2. The molecular weight excluding hydrogens is 375 g/mol. The lowest BCUT2D eigenvalue weighted by molar-refractivity contribution is 0.219. The summed E-state index contributed by atoms with van der Waals surface area (Å²) in [5.41, 5.74) is 9.16. The number of nitrogens with two attached hydrogens (primary N) is 1. The van der Waals surface area contributed by atoms with Crippen LogP contribution in [-0.4, -0.2) is 32.4 Å². The van der Waals surface area contributed by atoms with Gasteiger partial charge in [-0.3, -0.25) is 4.98 Å². The van der Waals surface area contributed by atoms with E-state index in [1.165, 1.54) is 6.08 Å². The van der Waals surface area contributed by atoms with Crippen LogP contribution in [0.4, 0.5) is 4.39 Å². The fourth-order valence-electron chi connectivity index (χ4n) is 3.47. The Morgan fingerprint density at radius 3 is 2.71 bits per heavy atom. The predicted molar refractivity (Wildman–Crippen MR) is 112 cm³/mol. The minimum atomic E-state index is -0.902. The van der Waals surface area contributed by atoms with Crippen molar-refractivity contribution in [2.24, 2.45) is 5.73 Å². The summed E-state index contributed by atoms with van der Waals surface area (Å²) in [5.74, 6) is -0.250. The van der Waals surface area contributed by atoms with Crippen molar-refractivity contribution in [1.29, 1.82) is 0 Å². The van der Waals surface area contributed by atoms with Crippen LogP contribution >= 0.6 is 11.8 Å². The van der Waals surface area contributed by atoms with Gasteiger partial charge in [-0.2, -0.15) is 0 Å². The molecule has 148 valence electrons. The molecule has 28 heavy (non-hydrogen) atoms. The highest BCUT2D eigenvalue weighted by Gasteiger charge is 2.27. The van der Waals surface area contributed by atoms with Gasteiger partial charge in [0.05, 0.1) is 22.6 Å². The molecule has 0 saturated carbocycles. The Kier molecular flexibility index (Phi) is 6.49. The summed E-state index contributed by atoms with van der Waals surface area (Å²) in [6.45, 7) is 4.26. The molecule has 3 aromatic rings. The highest BCUT2D eigenvalue weighted by molar-refractivity contribution is 7.98. The van der Waals surface area contributed by atoms with Crippen LogP contribution in [0.3, 0.4) is 0 Å². The Labute approximate surface area is 168 Å². The molecule has 3 aromatic heterocycles. The Balaban J connectivity index is 2.20. The normalized spacial score (nSPS) is 13.5. The zero-order valence-corrected chi connectivity index (χ0v) is 17.1. The molecule has 0 saturated heterocycles. The number of nitrogens with zero attached hydrogens (tertiary/aromatic N) is 3. The number of halogens is 1. The standard InChI is InChI=1S/C21H25FN4OS/c1-13(2)20-18(21(27)14-6-7-17(28-3)25-11-14)19-16(5-4-10-24-19)26(20)12-15(22)8-9-23/h4-8,10-11,13,21,27H,9,12,23H2,1-3H3/b15-8-. The second-order valence-electron chi connectivity index (χ2n) is 6.83. The van der Waals surface area contributed by atoms with Crippen molar-refractivity contribution in [3.8, 4) is 0 Å². The third-order valence-electron chi connectivity index (χ3n) is 4.65. The first-order chi connectivity index (χ1) is 13.5. The average Bonchev–Trinajstić information content (AvgIpc) is 3.02. The average molecular weight is 401 g/mol. The summed E-state index contributed by atoms with van der Waals surface area (Å²) in [5, 5.41) is 12.1. The van der Waals surface area contributed by atoms with E-state index in [4.69, 9.17) is 5.73 Å².